The van der Waals surface area contributed by atoms with Gasteiger partial charge in [0.05, 0.1) is 17.8 Å². The summed E-state index contributed by atoms with van der Waals surface area (Å²) < 4.78 is 5.37. The molecule has 1 aromatic rings. The Morgan fingerprint density at radius 3 is 2.58 bits per heavy atom. The summed E-state index contributed by atoms with van der Waals surface area (Å²) in [5.41, 5.74) is 6.78. The van der Waals surface area contributed by atoms with Crippen LogP contribution in [0.1, 0.15) is 26.7 Å². The topological polar surface area (TPSA) is 38.5 Å². The largest absolute Gasteiger partial charge is 0.495 e. The number of methoxy groups -OCH3 is 1. The van der Waals surface area contributed by atoms with E-state index in [1.54, 1.807) is 7.11 Å². The maximum absolute atomic E-state index is 5.74. The van der Waals surface area contributed by atoms with Crippen LogP contribution in [0, 0.1) is 5.41 Å². The lowest BCUT2D eigenvalue weighted by Gasteiger charge is -2.26. The molecule has 0 amide bonds. The fourth-order valence-electron chi connectivity index (χ4n) is 1.95. The van der Waals surface area contributed by atoms with Gasteiger partial charge in [0.1, 0.15) is 5.75 Å². The molecule has 0 fully saturated rings. The van der Waals surface area contributed by atoms with Gasteiger partial charge in [-0.15, -0.1) is 0 Å². The second-order valence-corrected chi connectivity index (χ2v) is 5.88. The molecule has 0 bridgehead atoms. The number of rotatable bonds is 7. The highest BCUT2D eigenvalue weighted by Gasteiger charge is 2.21. The van der Waals surface area contributed by atoms with Gasteiger partial charge in [0.15, 0.2) is 0 Å². The van der Waals surface area contributed by atoms with Crippen LogP contribution in [0.15, 0.2) is 24.3 Å². The first-order valence-corrected chi connectivity index (χ1v) is 6.93. The molecule has 1 rings (SSSR count). The number of ether oxygens (including phenoxy) is 1. The van der Waals surface area contributed by atoms with Gasteiger partial charge in [-0.2, -0.15) is 0 Å². The number of hydrogen-bond donors (Lipinski definition) is 1. The van der Waals surface area contributed by atoms with Crippen molar-refractivity contribution in [3.05, 3.63) is 24.3 Å². The molecule has 2 N–H and O–H groups in total. The van der Waals surface area contributed by atoms with E-state index in [0.29, 0.717) is 4.99 Å². The van der Waals surface area contributed by atoms with Crippen LogP contribution in [0.3, 0.4) is 0 Å². The Hall–Kier alpha value is -1.29. The lowest BCUT2D eigenvalue weighted by atomic mass is 9.88. The molecule has 0 aliphatic carbocycles. The number of benzene rings is 1. The first-order valence-electron chi connectivity index (χ1n) is 6.52. The van der Waals surface area contributed by atoms with Crippen LogP contribution in [0.2, 0.25) is 0 Å². The van der Waals surface area contributed by atoms with E-state index in [1.807, 2.05) is 18.2 Å². The summed E-state index contributed by atoms with van der Waals surface area (Å²) in [6.45, 7) is 5.14. The van der Waals surface area contributed by atoms with Crippen LogP contribution in [0.4, 0.5) is 5.69 Å². The molecule has 0 spiro atoms. The lowest BCUT2D eigenvalue weighted by molar-refractivity contribution is 0.414. The zero-order chi connectivity index (χ0) is 14.5. The number of thiocarbonyl (C=S) groups is 1. The van der Waals surface area contributed by atoms with Crippen molar-refractivity contribution in [1.82, 2.24) is 0 Å². The highest BCUT2D eigenvalue weighted by molar-refractivity contribution is 7.80. The highest BCUT2D eigenvalue weighted by atomic mass is 32.1. The Labute approximate surface area is 121 Å². The first kappa shape index (κ1) is 15.8. The Morgan fingerprint density at radius 2 is 2.00 bits per heavy atom. The fourth-order valence-corrected chi connectivity index (χ4v) is 2.05. The quantitative estimate of drug-likeness (QED) is 0.778. The van der Waals surface area contributed by atoms with E-state index in [1.165, 1.54) is 0 Å². The molecule has 0 heterocycles. The van der Waals surface area contributed by atoms with E-state index in [-0.39, 0.29) is 5.41 Å². The third-order valence-electron chi connectivity index (χ3n) is 3.46. The van der Waals surface area contributed by atoms with Crippen molar-refractivity contribution in [2.24, 2.45) is 11.1 Å². The Morgan fingerprint density at radius 1 is 1.37 bits per heavy atom. The van der Waals surface area contributed by atoms with Gasteiger partial charge in [0.25, 0.3) is 0 Å². The van der Waals surface area contributed by atoms with Crippen LogP contribution in [0.5, 0.6) is 5.75 Å². The van der Waals surface area contributed by atoms with Gasteiger partial charge in [-0.05, 0) is 25.0 Å². The van der Waals surface area contributed by atoms with E-state index in [4.69, 9.17) is 22.7 Å². The molecular formula is C15H24N2OS. The molecule has 0 aliphatic heterocycles. The minimum Gasteiger partial charge on any atom is -0.495 e. The van der Waals surface area contributed by atoms with Crippen molar-refractivity contribution in [3.8, 4) is 5.75 Å². The average Bonchev–Trinajstić information content (AvgIpc) is 2.38. The van der Waals surface area contributed by atoms with Crippen molar-refractivity contribution in [3.63, 3.8) is 0 Å². The fraction of sp³-hybridized carbons (Fsp3) is 0.533. The third kappa shape index (κ3) is 4.39. The molecule has 4 heteroatoms. The SMILES string of the molecule is COc1ccccc1N(C)CCCC(C)(C)C(N)=S. The van der Waals surface area contributed by atoms with E-state index in [2.05, 4.69) is 31.9 Å². The molecule has 0 saturated heterocycles. The van der Waals surface area contributed by atoms with Crippen molar-refractivity contribution >= 4 is 22.9 Å². The minimum atomic E-state index is -0.0725. The van der Waals surface area contributed by atoms with E-state index in [0.717, 1.165) is 30.8 Å². The standard InChI is InChI=1S/C15H24N2OS/c1-15(2,14(16)19)10-7-11-17(3)12-8-5-6-9-13(12)18-4/h5-6,8-9H,7,10-11H2,1-4H3,(H2,16,19). The molecule has 1 aromatic carbocycles. The Kier molecular flexibility index (Phi) is 5.60. The zero-order valence-corrected chi connectivity index (χ0v) is 13.1. The molecule has 3 nitrogen and oxygen atoms in total. The summed E-state index contributed by atoms with van der Waals surface area (Å²) in [4.78, 5) is 2.79. The smallest absolute Gasteiger partial charge is 0.142 e. The van der Waals surface area contributed by atoms with Crippen LogP contribution in [-0.4, -0.2) is 25.7 Å². The van der Waals surface area contributed by atoms with Crippen LogP contribution >= 0.6 is 12.2 Å². The summed E-state index contributed by atoms with van der Waals surface area (Å²) in [5.74, 6) is 0.901. The van der Waals surface area contributed by atoms with Crippen LogP contribution in [0.25, 0.3) is 0 Å². The minimum absolute atomic E-state index is 0.0725. The van der Waals surface area contributed by atoms with Gasteiger partial charge < -0.3 is 15.4 Å². The number of nitrogens with two attached hydrogens (primary N) is 1. The van der Waals surface area contributed by atoms with E-state index in [9.17, 15) is 0 Å². The maximum Gasteiger partial charge on any atom is 0.142 e. The second-order valence-electron chi connectivity index (χ2n) is 5.45. The van der Waals surface area contributed by atoms with Crippen LogP contribution < -0.4 is 15.4 Å². The predicted molar refractivity (Wildman–Crippen MR) is 86.1 cm³/mol. The predicted octanol–water partition coefficient (Wildman–Crippen LogP) is 3.22. The number of para-hydroxylation sites is 2. The maximum atomic E-state index is 5.74. The molecule has 0 unspecified atom stereocenters. The Balaban J connectivity index is 2.56. The summed E-state index contributed by atoms with van der Waals surface area (Å²) in [7, 11) is 3.77. The summed E-state index contributed by atoms with van der Waals surface area (Å²) in [6.07, 6.45) is 2.03. The van der Waals surface area contributed by atoms with Gasteiger partial charge in [-0.3, -0.25) is 0 Å². The van der Waals surface area contributed by atoms with E-state index >= 15 is 0 Å². The van der Waals surface area contributed by atoms with Gasteiger partial charge in [0, 0.05) is 19.0 Å². The second kappa shape index (κ2) is 6.75. The van der Waals surface area contributed by atoms with Gasteiger partial charge in [0.2, 0.25) is 0 Å². The first-order chi connectivity index (χ1) is 8.88. The molecule has 0 aromatic heterocycles. The van der Waals surface area contributed by atoms with Crippen molar-refractivity contribution < 1.29 is 4.74 Å². The average molecular weight is 280 g/mol. The molecule has 0 saturated carbocycles. The molecule has 106 valence electrons. The lowest BCUT2D eigenvalue weighted by Crippen LogP contribution is -2.31. The summed E-state index contributed by atoms with van der Waals surface area (Å²) in [6, 6.07) is 8.04. The Bertz CT molecular complexity index is 432. The van der Waals surface area contributed by atoms with Crippen LogP contribution in [-0.2, 0) is 0 Å². The summed E-state index contributed by atoms with van der Waals surface area (Å²) >= 11 is 5.09. The zero-order valence-electron chi connectivity index (χ0n) is 12.3. The molecule has 0 atom stereocenters. The molecule has 0 radical (unpaired) electrons. The van der Waals surface area contributed by atoms with Gasteiger partial charge in [-0.25, -0.2) is 0 Å². The monoisotopic (exact) mass is 280 g/mol. The highest BCUT2D eigenvalue weighted by Crippen LogP contribution is 2.28. The number of nitrogens with zero attached hydrogens (tertiary/aromatic N) is 1. The molecule has 0 aliphatic rings. The molecule has 19 heavy (non-hydrogen) atoms. The van der Waals surface area contributed by atoms with Gasteiger partial charge in [-0.1, -0.05) is 38.2 Å². The number of anilines is 1. The van der Waals surface area contributed by atoms with Crippen molar-refractivity contribution in [2.75, 3.05) is 25.6 Å². The van der Waals surface area contributed by atoms with Gasteiger partial charge >= 0.3 is 0 Å². The third-order valence-corrected chi connectivity index (χ3v) is 4.01. The normalized spacial score (nSPS) is 11.2. The van der Waals surface area contributed by atoms with Crippen molar-refractivity contribution in [2.45, 2.75) is 26.7 Å². The molecular weight excluding hydrogens is 256 g/mol. The van der Waals surface area contributed by atoms with E-state index < -0.39 is 0 Å². The summed E-state index contributed by atoms with van der Waals surface area (Å²) in [5, 5.41) is 0. The van der Waals surface area contributed by atoms with Crippen molar-refractivity contribution in [1.29, 1.82) is 0 Å². The number of hydrogen-bond acceptors (Lipinski definition) is 3.